The number of amides is 2. The molecule has 3 aromatic heterocycles. The Labute approximate surface area is 266 Å². The predicted octanol–water partition coefficient (Wildman–Crippen LogP) is 6.48. The molecule has 3 aromatic rings. The van der Waals surface area contributed by atoms with Crippen LogP contribution in [0.1, 0.15) is 67.4 Å². The van der Waals surface area contributed by atoms with E-state index in [0.29, 0.717) is 36.7 Å². The normalized spacial score (nSPS) is 16.0. The van der Waals surface area contributed by atoms with Crippen molar-refractivity contribution in [2.75, 3.05) is 11.9 Å². The Morgan fingerprint density at radius 3 is 2.36 bits per heavy atom. The maximum absolute atomic E-state index is 13.9. The second-order valence-corrected chi connectivity index (χ2v) is 19.9. The van der Waals surface area contributed by atoms with Gasteiger partial charge in [0.2, 0.25) is 5.91 Å². The molecule has 0 spiro atoms. The highest BCUT2D eigenvalue weighted by atomic mass is 35.5. The number of hydrogen-bond donors (Lipinski definition) is 2. The van der Waals surface area contributed by atoms with E-state index in [0.717, 1.165) is 54.2 Å². The molecular formula is C32H46ClN7O3Si. The van der Waals surface area contributed by atoms with E-state index in [4.69, 9.17) is 16.3 Å². The second-order valence-electron chi connectivity index (χ2n) is 13.9. The fourth-order valence-electron chi connectivity index (χ4n) is 5.98. The van der Waals surface area contributed by atoms with Gasteiger partial charge in [-0.05, 0) is 95.4 Å². The van der Waals surface area contributed by atoms with Gasteiger partial charge in [-0.1, -0.05) is 31.2 Å². The summed E-state index contributed by atoms with van der Waals surface area (Å²) in [4.78, 5) is 31.8. The van der Waals surface area contributed by atoms with Crippen LogP contribution in [0.5, 0.6) is 0 Å². The molecule has 238 valence electrons. The SMILES string of the molecule is Cc1nn(COCC[Si](C)(C)C)c(C)c1-c1ccc(NC(=O)[C@@H](NC(=O)c2ccnn2C(C)C)C(C2CC2)C2CC2)nc1Cl. The van der Waals surface area contributed by atoms with Gasteiger partial charge in [0.05, 0.1) is 5.69 Å². The third kappa shape index (κ3) is 7.60. The highest BCUT2D eigenvalue weighted by Crippen LogP contribution is 2.51. The van der Waals surface area contributed by atoms with Crippen LogP contribution in [0.2, 0.25) is 30.8 Å². The van der Waals surface area contributed by atoms with Crippen LogP contribution in [0.25, 0.3) is 11.1 Å². The summed E-state index contributed by atoms with van der Waals surface area (Å²) in [6.07, 6.45) is 5.95. The lowest BCUT2D eigenvalue weighted by Gasteiger charge is -2.27. The van der Waals surface area contributed by atoms with Crippen LogP contribution < -0.4 is 10.6 Å². The first-order chi connectivity index (χ1) is 20.8. The fraction of sp³-hybridized carbons (Fsp3) is 0.594. The number of ether oxygens (including phenoxy) is 1. The van der Waals surface area contributed by atoms with Crippen molar-refractivity contribution in [1.82, 2.24) is 29.9 Å². The molecule has 3 heterocycles. The number of aromatic nitrogens is 5. The van der Waals surface area contributed by atoms with E-state index in [1.54, 1.807) is 23.0 Å². The molecule has 2 fully saturated rings. The molecule has 2 N–H and O–H groups in total. The third-order valence-corrected chi connectivity index (χ3v) is 10.6. The maximum atomic E-state index is 13.9. The number of hydrogen-bond acceptors (Lipinski definition) is 6. The minimum absolute atomic E-state index is 0.0208. The molecule has 0 saturated heterocycles. The quantitative estimate of drug-likeness (QED) is 0.119. The van der Waals surface area contributed by atoms with Gasteiger partial charge in [0.25, 0.3) is 5.91 Å². The van der Waals surface area contributed by atoms with E-state index in [9.17, 15) is 9.59 Å². The smallest absolute Gasteiger partial charge is 0.270 e. The number of anilines is 1. The molecule has 44 heavy (non-hydrogen) atoms. The monoisotopic (exact) mass is 639 g/mol. The van der Waals surface area contributed by atoms with Gasteiger partial charge < -0.3 is 15.4 Å². The van der Waals surface area contributed by atoms with Crippen LogP contribution in [0.4, 0.5) is 5.82 Å². The molecule has 2 saturated carbocycles. The Morgan fingerprint density at radius 2 is 1.77 bits per heavy atom. The van der Waals surface area contributed by atoms with Crippen molar-refractivity contribution >= 4 is 37.3 Å². The molecular weight excluding hydrogens is 594 g/mol. The maximum Gasteiger partial charge on any atom is 0.270 e. The van der Waals surface area contributed by atoms with Crippen LogP contribution >= 0.6 is 11.6 Å². The van der Waals surface area contributed by atoms with Gasteiger partial charge in [-0.25, -0.2) is 9.67 Å². The molecule has 10 nitrogen and oxygen atoms in total. The molecule has 2 aliphatic carbocycles. The van der Waals surface area contributed by atoms with Gasteiger partial charge in [-0.2, -0.15) is 10.2 Å². The van der Waals surface area contributed by atoms with Crippen molar-refractivity contribution in [1.29, 1.82) is 0 Å². The van der Waals surface area contributed by atoms with Crippen LogP contribution in [0.15, 0.2) is 24.4 Å². The van der Waals surface area contributed by atoms with Gasteiger partial charge in [-0.3, -0.25) is 14.3 Å². The van der Waals surface area contributed by atoms with Crippen molar-refractivity contribution in [3.8, 4) is 11.1 Å². The molecule has 1 atom stereocenters. The summed E-state index contributed by atoms with van der Waals surface area (Å²) in [7, 11) is -1.17. The number of carbonyl (C=O) groups excluding carboxylic acids is 2. The molecule has 0 aromatic carbocycles. The summed E-state index contributed by atoms with van der Waals surface area (Å²) in [6, 6.07) is 5.76. The van der Waals surface area contributed by atoms with Crippen molar-refractivity contribution < 1.29 is 14.3 Å². The number of aryl methyl sites for hydroxylation is 1. The number of halogens is 1. The Balaban J connectivity index is 1.32. The molecule has 5 rings (SSSR count). The Kier molecular flexibility index (Phi) is 9.67. The van der Waals surface area contributed by atoms with Crippen LogP contribution in [-0.4, -0.2) is 57.1 Å². The zero-order chi connectivity index (χ0) is 31.8. The van der Waals surface area contributed by atoms with Crippen molar-refractivity contribution in [2.24, 2.45) is 17.8 Å². The van der Waals surface area contributed by atoms with Crippen molar-refractivity contribution in [3.05, 3.63) is 46.6 Å². The molecule has 0 unspecified atom stereocenters. The third-order valence-electron chi connectivity index (χ3n) is 8.64. The summed E-state index contributed by atoms with van der Waals surface area (Å²) in [5.74, 6) is 0.747. The summed E-state index contributed by atoms with van der Waals surface area (Å²) in [6.45, 7) is 16.0. The number of rotatable bonds is 14. The number of nitrogens with one attached hydrogen (secondary N) is 2. The first-order valence-corrected chi connectivity index (χ1v) is 19.9. The summed E-state index contributed by atoms with van der Waals surface area (Å²) in [5, 5.41) is 15.3. The fourth-order valence-corrected chi connectivity index (χ4v) is 6.99. The molecule has 2 amide bonds. The number of pyridine rings is 1. The second kappa shape index (κ2) is 13.1. The minimum atomic E-state index is -1.17. The van der Waals surface area contributed by atoms with Crippen LogP contribution in [0, 0.1) is 31.6 Å². The summed E-state index contributed by atoms with van der Waals surface area (Å²) < 4.78 is 9.47. The molecule has 12 heteroatoms. The topological polar surface area (TPSA) is 116 Å². The average Bonchev–Trinajstić information content (AvgIpc) is 3.88. The van der Waals surface area contributed by atoms with Gasteiger partial charge in [0, 0.05) is 43.7 Å². The molecule has 2 aliphatic rings. The minimum Gasteiger partial charge on any atom is -0.360 e. The van der Waals surface area contributed by atoms with Crippen LogP contribution in [-0.2, 0) is 16.3 Å². The Hall–Kier alpha value is -3.02. The summed E-state index contributed by atoms with van der Waals surface area (Å²) in [5.41, 5.74) is 3.87. The van der Waals surface area contributed by atoms with Crippen molar-refractivity contribution in [2.45, 2.75) is 97.9 Å². The summed E-state index contributed by atoms with van der Waals surface area (Å²) >= 11 is 6.73. The lowest BCUT2D eigenvalue weighted by Crippen LogP contribution is -2.50. The molecule has 0 radical (unpaired) electrons. The van der Waals surface area contributed by atoms with E-state index in [-0.39, 0.29) is 28.9 Å². The zero-order valence-electron chi connectivity index (χ0n) is 27.0. The van der Waals surface area contributed by atoms with Gasteiger partial charge in [0.1, 0.15) is 29.4 Å². The standard InChI is InChI=1S/C32H46ClN7O3Si/c1-19(2)40-25(14-15-34-40)31(41)37-29(28(22-8-9-22)23-10-11-23)32(42)36-26-13-12-24(30(33)35-26)27-20(3)38-39(21(27)4)18-43-16-17-44(5,6)7/h12-15,19,22-23,28-29H,8-11,16-18H2,1-7H3,(H,37,41)(H,35,36,42)/t29-/m0/s1. The first-order valence-electron chi connectivity index (χ1n) is 15.8. The van der Waals surface area contributed by atoms with Crippen molar-refractivity contribution in [3.63, 3.8) is 0 Å². The van der Waals surface area contributed by atoms with Gasteiger partial charge in [0.15, 0.2) is 0 Å². The molecule has 0 aliphatic heterocycles. The highest BCUT2D eigenvalue weighted by molar-refractivity contribution is 6.76. The first kappa shape index (κ1) is 32.4. The van der Waals surface area contributed by atoms with E-state index >= 15 is 0 Å². The van der Waals surface area contributed by atoms with E-state index in [2.05, 4.69) is 45.5 Å². The Morgan fingerprint density at radius 1 is 1.09 bits per heavy atom. The largest absolute Gasteiger partial charge is 0.360 e. The lowest BCUT2D eigenvalue weighted by molar-refractivity contribution is -0.119. The molecule has 0 bridgehead atoms. The van der Waals surface area contributed by atoms with E-state index < -0.39 is 14.1 Å². The Bertz CT molecular complexity index is 1490. The highest BCUT2D eigenvalue weighted by Gasteiger charge is 2.48. The zero-order valence-corrected chi connectivity index (χ0v) is 28.7. The predicted molar refractivity (Wildman–Crippen MR) is 175 cm³/mol. The number of nitrogens with zero attached hydrogens (tertiary/aromatic N) is 5. The van der Waals surface area contributed by atoms with E-state index in [1.165, 1.54) is 0 Å². The van der Waals surface area contributed by atoms with Crippen LogP contribution in [0.3, 0.4) is 0 Å². The number of carbonyl (C=O) groups is 2. The van der Waals surface area contributed by atoms with Gasteiger partial charge in [-0.15, -0.1) is 0 Å². The van der Waals surface area contributed by atoms with E-state index in [1.807, 2.05) is 38.4 Å². The average molecular weight is 640 g/mol. The lowest BCUT2D eigenvalue weighted by atomic mass is 9.88. The van der Waals surface area contributed by atoms with Gasteiger partial charge >= 0.3 is 0 Å².